The fraction of sp³-hybridized carbons (Fsp3) is 0.333. The van der Waals surface area contributed by atoms with Crippen LogP contribution in [0.5, 0.6) is 11.6 Å². The molecule has 6 heteroatoms. The molecule has 0 unspecified atom stereocenters. The third-order valence-corrected chi connectivity index (χ3v) is 3.06. The van der Waals surface area contributed by atoms with Crippen molar-refractivity contribution in [3.63, 3.8) is 0 Å². The van der Waals surface area contributed by atoms with Crippen molar-refractivity contribution < 1.29 is 19.5 Å². The van der Waals surface area contributed by atoms with E-state index in [4.69, 9.17) is 9.47 Å². The highest BCUT2D eigenvalue weighted by molar-refractivity contribution is 5.91. The number of aromatic nitrogens is 1. The summed E-state index contributed by atoms with van der Waals surface area (Å²) in [5.74, 6) is 0.807. The molecule has 0 bridgehead atoms. The Morgan fingerprint density at radius 3 is 2.58 bits per heavy atom. The Kier molecular flexibility index (Phi) is 6.57. The lowest BCUT2D eigenvalue weighted by atomic mass is 10.2. The van der Waals surface area contributed by atoms with Gasteiger partial charge in [0.15, 0.2) is 0 Å². The molecule has 0 atom stereocenters. The van der Waals surface area contributed by atoms with Crippen LogP contribution in [0.3, 0.4) is 0 Å². The lowest BCUT2D eigenvalue weighted by Crippen LogP contribution is -2.32. The zero-order chi connectivity index (χ0) is 17.4. The Morgan fingerprint density at radius 1 is 1.12 bits per heavy atom. The molecule has 1 N–H and O–H groups in total. The van der Waals surface area contributed by atoms with Crippen LogP contribution in [0, 0.1) is 5.92 Å². The SMILES string of the molecule is CC(C)COc1cccc(C(=O)N(O)CCOc2ccccc2)n1. The number of benzene rings is 1. The molecule has 1 aromatic carbocycles. The van der Waals surface area contributed by atoms with E-state index < -0.39 is 5.91 Å². The van der Waals surface area contributed by atoms with E-state index in [1.54, 1.807) is 24.3 Å². The predicted octanol–water partition coefficient (Wildman–Crippen LogP) is 3.03. The third-order valence-electron chi connectivity index (χ3n) is 3.06. The average Bonchev–Trinajstić information content (AvgIpc) is 2.60. The number of pyridine rings is 1. The molecule has 1 aromatic heterocycles. The zero-order valence-electron chi connectivity index (χ0n) is 13.9. The molecule has 6 nitrogen and oxygen atoms in total. The summed E-state index contributed by atoms with van der Waals surface area (Å²) in [5.41, 5.74) is 0.124. The number of carbonyl (C=O) groups excluding carboxylic acids is 1. The van der Waals surface area contributed by atoms with Gasteiger partial charge in [0.1, 0.15) is 18.1 Å². The van der Waals surface area contributed by atoms with Gasteiger partial charge in [0.2, 0.25) is 5.88 Å². The first-order valence-corrected chi connectivity index (χ1v) is 7.84. The molecule has 2 aromatic rings. The van der Waals surface area contributed by atoms with Crippen molar-refractivity contribution in [2.45, 2.75) is 13.8 Å². The van der Waals surface area contributed by atoms with Crippen LogP contribution in [0.1, 0.15) is 24.3 Å². The second-order valence-electron chi connectivity index (χ2n) is 5.66. The molecule has 24 heavy (non-hydrogen) atoms. The van der Waals surface area contributed by atoms with E-state index in [1.807, 2.05) is 32.0 Å². The predicted molar refractivity (Wildman–Crippen MR) is 89.3 cm³/mol. The molecular formula is C18H22N2O4. The highest BCUT2D eigenvalue weighted by atomic mass is 16.5. The number of nitrogens with zero attached hydrogens (tertiary/aromatic N) is 2. The van der Waals surface area contributed by atoms with Crippen LogP contribution in [0.2, 0.25) is 0 Å². The van der Waals surface area contributed by atoms with Crippen molar-refractivity contribution >= 4 is 5.91 Å². The van der Waals surface area contributed by atoms with Crippen molar-refractivity contribution in [3.8, 4) is 11.6 Å². The second kappa shape index (κ2) is 8.88. The number of hydroxylamine groups is 2. The van der Waals surface area contributed by atoms with Crippen LogP contribution in [0.4, 0.5) is 0 Å². The third kappa shape index (κ3) is 5.55. The molecule has 0 spiro atoms. The van der Waals surface area contributed by atoms with Gasteiger partial charge in [0, 0.05) is 6.07 Å². The highest BCUT2D eigenvalue weighted by Gasteiger charge is 2.16. The first kappa shape index (κ1) is 17.7. The minimum atomic E-state index is -0.596. The largest absolute Gasteiger partial charge is 0.492 e. The van der Waals surface area contributed by atoms with Crippen molar-refractivity contribution in [1.29, 1.82) is 0 Å². The summed E-state index contributed by atoms with van der Waals surface area (Å²) in [6.07, 6.45) is 0. The van der Waals surface area contributed by atoms with Gasteiger partial charge in [-0.15, -0.1) is 0 Å². The fourth-order valence-corrected chi connectivity index (χ4v) is 1.87. The van der Waals surface area contributed by atoms with Gasteiger partial charge in [0.25, 0.3) is 5.91 Å². The number of ether oxygens (including phenoxy) is 2. The van der Waals surface area contributed by atoms with E-state index >= 15 is 0 Å². The number of hydrogen-bond donors (Lipinski definition) is 1. The van der Waals surface area contributed by atoms with Gasteiger partial charge in [0.05, 0.1) is 13.2 Å². The Balaban J connectivity index is 1.86. The number of amides is 1. The normalized spacial score (nSPS) is 10.5. The first-order valence-electron chi connectivity index (χ1n) is 7.84. The fourth-order valence-electron chi connectivity index (χ4n) is 1.87. The lowest BCUT2D eigenvalue weighted by Gasteiger charge is -2.15. The van der Waals surface area contributed by atoms with Crippen LogP contribution in [0.25, 0.3) is 0 Å². The molecular weight excluding hydrogens is 308 g/mol. The van der Waals surface area contributed by atoms with Crippen LogP contribution in [-0.4, -0.2) is 40.9 Å². The van der Waals surface area contributed by atoms with Crippen molar-refractivity contribution in [2.24, 2.45) is 5.92 Å². The molecule has 128 valence electrons. The van der Waals surface area contributed by atoms with E-state index in [0.29, 0.717) is 29.2 Å². The van der Waals surface area contributed by atoms with Gasteiger partial charge < -0.3 is 9.47 Å². The van der Waals surface area contributed by atoms with E-state index in [9.17, 15) is 10.0 Å². The monoisotopic (exact) mass is 330 g/mol. The van der Waals surface area contributed by atoms with Crippen molar-refractivity contribution in [3.05, 3.63) is 54.2 Å². The molecule has 2 rings (SSSR count). The summed E-state index contributed by atoms with van der Waals surface area (Å²) in [6.45, 7) is 4.77. The standard InChI is InChI=1S/C18H22N2O4/c1-14(2)13-24-17-10-6-9-16(19-17)18(21)20(22)11-12-23-15-7-4-3-5-8-15/h3-10,14,22H,11-13H2,1-2H3. The molecule has 1 amide bonds. The molecule has 0 aliphatic carbocycles. The summed E-state index contributed by atoms with van der Waals surface area (Å²) < 4.78 is 10.9. The van der Waals surface area contributed by atoms with Gasteiger partial charge in [-0.1, -0.05) is 38.1 Å². The van der Waals surface area contributed by atoms with Crippen LogP contribution in [0.15, 0.2) is 48.5 Å². The molecule has 0 aliphatic rings. The van der Waals surface area contributed by atoms with Gasteiger partial charge in [-0.05, 0) is 24.1 Å². The van der Waals surface area contributed by atoms with Crippen LogP contribution < -0.4 is 9.47 Å². The topological polar surface area (TPSA) is 71.9 Å². The van der Waals surface area contributed by atoms with Crippen molar-refractivity contribution in [2.75, 3.05) is 19.8 Å². The maximum absolute atomic E-state index is 12.2. The minimum absolute atomic E-state index is 0.0342. The Morgan fingerprint density at radius 2 is 1.88 bits per heavy atom. The summed E-state index contributed by atoms with van der Waals surface area (Å²) in [5, 5.41) is 10.5. The molecule has 0 saturated carbocycles. The van der Waals surface area contributed by atoms with Gasteiger partial charge in [-0.25, -0.2) is 10.0 Å². The van der Waals surface area contributed by atoms with E-state index in [2.05, 4.69) is 4.98 Å². The molecule has 1 heterocycles. The molecule has 0 aliphatic heterocycles. The van der Waals surface area contributed by atoms with Crippen molar-refractivity contribution in [1.82, 2.24) is 10.0 Å². The molecule has 0 saturated heterocycles. The first-order chi connectivity index (χ1) is 11.6. The Bertz CT molecular complexity index is 646. The summed E-state index contributed by atoms with van der Waals surface area (Å²) in [4.78, 5) is 16.3. The smallest absolute Gasteiger partial charge is 0.296 e. The van der Waals surface area contributed by atoms with E-state index in [-0.39, 0.29) is 18.8 Å². The summed E-state index contributed by atoms with van der Waals surface area (Å²) >= 11 is 0. The quantitative estimate of drug-likeness (QED) is 0.595. The maximum Gasteiger partial charge on any atom is 0.296 e. The van der Waals surface area contributed by atoms with Crippen LogP contribution in [-0.2, 0) is 0 Å². The van der Waals surface area contributed by atoms with E-state index in [1.165, 1.54) is 6.07 Å². The molecule has 0 radical (unpaired) electrons. The average molecular weight is 330 g/mol. The number of hydrogen-bond acceptors (Lipinski definition) is 5. The summed E-state index contributed by atoms with van der Waals surface area (Å²) in [7, 11) is 0. The number of rotatable bonds is 8. The van der Waals surface area contributed by atoms with Gasteiger partial charge in [-0.3, -0.25) is 10.0 Å². The zero-order valence-corrected chi connectivity index (χ0v) is 13.9. The second-order valence-corrected chi connectivity index (χ2v) is 5.66. The number of para-hydroxylation sites is 1. The lowest BCUT2D eigenvalue weighted by molar-refractivity contribution is -0.0640. The van der Waals surface area contributed by atoms with Gasteiger partial charge >= 0.3 is 0 Å². The maximum atomic E-state index is 12.2. The van der Waals surface area contributed by atoms with Crippen LogP contribution >= 0.6 is 0 Å². The Hall–Kier alpha value is -2.60. The van der Waals surface area contributed by atoms with E-state index in [0.717, 1.165) is 0 Å². The minimum Gasteiger partial charge on any atom is -0.492 e. The number of carbonyl (C=O) groups is 1. The van der Waals surface area contributed by atoms with Gasteiger partial charge in [-0.2, -0.15) is 0 Å². The Labute approximate surface area is 141 Å². The molecule has 0 fully saturated rings. The highest BCUT2D eigenvalue weighted by Crippen LogP contribution is 2.11. The summed E-state index contributed by atoms with van der Waals surface area (Å²) in [6, 6.07) is 14.1.